The molecule has 0 atom stereocenters. The molecule has 7 nitrogen and oxygen atoms in total. The third-order valence-electron chi connectivity index (χ3n) is 5.51. The number of aryl methyl sites for hydroxylation is 1. The number of thiazole rings is 1. The number of nitrogens with zero attached hydrogens (tertiary/aromatic N) is 3. The van der Waals surface area contributed by atoms with Crippen molar-refractivity contribution in [3.63, 3.8) is 0 Å². The molecule has 0 unspecified atom stereocenters. The highest BCUT2D eigenvalue weighted by molar-refractivity contribution is 7.89. The summed E-state index contributed by atoms with van der Waals surface area (Å²) in [6.07, 6.45) is 0.797. The number of anilines is 1. The van der Waals surface area contributed by atoms with Gasteiger partial charge in [0.1, 0.15) is 0 Å². The minimum atomic E-state index is -3.61. The van der Waals surface area contributed by atoms with Crippen LogP contribution in [-0.4, -0.2) is 58.1 Å². The highest BCUT2D eigenvalue weighted by Gasteiger charge is 2.30. The lowest BCUT2D eigenvalue weighted by molar-refractivity contribution is 0.353. The Labute approximate surface area is 193 Å². The van der Waals surface area contributed by atoms with Crippen LogP contribution >= 0.6 is 11.3 Å². The maximum atomic E-state index is 13.1. The Hall–Kier alpha value is -2.62. The van der Waals surface area contributed by atoms with Gasteiger partial charge in [0.2, 0.25) is 10.0 Å². The number of methoxy groups -OCH3 is 2. The van der Waals surface area contributed by atoms with Crippen LogP contribution in [0.15, 0.2) is 52.7 Å². The summed E-state index contributed by atoms with van der Waals surface area (Å²) in [5, 5.41) is 3.03. The number of ether oxygens (including phenoxy) is 2. The van der Waals surface area contributed by atoms with E-state index in [4.69, 9.17) is 14.5 Å². The van der Waals surface area contributed by atoms with Gasteiger partial charge < -0.3 is 14.4 Å². The van der Waals surface area contributed by atoms with Crippen LogP contribution in [0.2, 0.25) is 0 Å². The summed E-state index contributed by atoms with van der Waals surface area (Å²) in [7, 11) is -0.592. The maximum Gasteiger partial charge on any atom is 0.243 e. The fourth-order valence-corrected chi connectivity index (χ4v) is 6.12. The Morgan fingerprint density at radius 1 is 1.00 bits per heavy atom. The van der Waals surface area contributed by atoms with E-state index < -0.39 is 10.0 Å². The normalized spacial score (nSPS) is 15.0. The van der Waals surface area contributed by atoms with Crippen molar-refractivity contribution in [1.82, 2.24) is 9.29 Å². The molecule has 1 aromatic heterocycles. The molecule has 2 heterocycles. The van der Waals surface area contributed by atoms with Gasteiger partial charge in [-0.1, -0.05) is 29.8 Å². The zero-order valence-electron chi connectivity index (χ0n) is 18.4. The molecule has 0 N–H and O–H groups in total. The summed E-state index contributed by atoms with van der Waals surface area (Å²) in [5.74, 6) is 0.901. The number of aromatic nitrogens is 1. The first kappa shape index (κ1) is 22.6. The monoisotopic (exact) mass is 473 g/mol. The number of hydrogen-bond acceptors (Lipinski definition) is 7. The molecule has 0 amide bonds. The second kappa shape index (κ2) is 9.48. The van der Waals surface area contributed by atoms with Gasteiger partial charge in [0.05, 0.1) is 24.8 Å². The molecule has 1 aliphatic rings. The SMILES string of the molecule is COc1ccc(S(=O)(=O)N2CCN(c3nc(Cc4cccc(C)c4)cs3)CC2)cc1OC. The first-order valence-corrected chi connectivity index (χ1v) is 12.7. The largest absolute Gasteiger partial charge is 0.493 e. The Morgan fingerprint density at radius 3 is 2.44 bits per heavy atom. The van der Waals surface area contributed by atoms with E-state index in [1.54, 1.807) is 23.5 Å². The van der Waals surface area contributed by atoms with E-state index >= 15 is 0 Å². The van der Waals surface area contributed by atoms with Crippen LogP contribution in [0.5, 0.6) is 11.5 Å². The molecule has 1 fully saturated rings. The first-order valence-electron chi connectivity index (χ1n) is 10.4. The minimum Gasteiger partial charge on any atom is -0.493 e. The van der Waals surface area contributed by atoms with Crippen molar-refractivity contribution in [2.75, 3.05) is 45.3 Å². The Bertz CT molecular complexity index is 1190. The van der Waals surface area contributed by atoms with Crippen molar-refractivity contribution >= 4 is 26.5 Å². The van der Waals surface area contributed by atoms with Crippen LogP contribution in [0.25, 0.3) is 0 Å². The molecule has 1 aliphatic heterocycles. The van der Waals surface area contributed by atoms with Gasteiger partial charge in [-0.3, -0.25) is 0 Å². The molecular formula is C23H27N3O4S2. The summed E-state index contributed by atoms with van der Waals surface area (Å²) in [5.41, 5.74) is 3.52. The predicted octanol–water partition coefficient (Wildman–Crippen LogP) is 3.57. The van der Waals surface area contributed by atoms with Gasteiger partial charge in [-0.2, -0.15) is 4.31 Å². The molecule has 32 heavy (non-hydrogen) atoms. The van der Waals surface area contributed by atoms with Crippen LogP contribution in [0, 0.1) is 6.92 Å². The number of hydrogen-bond donors (Lipinski definition) is 0. The molecule has 170 valence electrons. The lowest BCUT2D eigenvalue weighted by Gasteiger charge is -2.33. The van der Waals surface area contributed by atoms with E-state index in [2.05, 4.69) is 41.5 Å². The van der Waals surface area contributed by atoms with E-state index in [1.165, 1.54) is 35.7 Å². The quantitative estimate of drug-likeness (QED) is 0.522. The van der Waals surface area contributed by atoms with E-state index in [0.29, 0.717) is 37.7 Å². The first-order chi connectivity index (χ1) is 15.4. The lowest BCUT2D eigenvalue weighted by Crippen LogP contribution is -2.48. The molecule has 0 aliphatic carbocycles. The Balaban J connectivity index is 1.41. The molecule has 4 rings (SSSR count). The number of benzene rings is 2. The fraction of sp³-hybridized carbons (Fsp3) is 0.348. The van der Waals surface area contributed by atoms with Crippen molar-refractivity contribution in [3.05, 3.63) is 64.7 Å². The van der Waals surface area contributed by atoms with E-state index in [0.717, 1.165) is 17.2 Å². The van der Waals surface area contributed by atoms with Gasteiger partial charge in [0, 0.05) is 44.0 Å². The van der Waals surface area contributed by atoms with Crippen molar-refractivity contribution in [3.8, 4) is 11.5 Å². The second-order valence-electron chi connectivity index (χ2n) is 7.70. The Morgan fingerprint density at radius 2 is 1.75 bits per heavy atom. The zero-order valence-corrected chi connectivity index (χ0v) is 20.1. The summed E-state index contributed by atoms with van der Waals surface area (Å²) in [6.45, 7) is 4.10. The van der Waals surface area contributed by atoms with E-state index in [9.17, 15) is 8.42 Å². The molecule has 0 radical (unpaired) electrons. The van der Waals surface area contributed by atoms with Crippen LogP contribution < -0.4 is 14.4 Å². The molecule has 3 aromatic rings. The molecule has 0 spiro atoms. The van der Waals surface area contributed by atoms with Crippen LogP contribution in [-0.2, 0) is 16.4 Å². The predicted molar refractivity (Wildman–Crippen MR) is 127 cm³/mol. The third kappa shape index (κ3) is 4.74. The van der Waals surface area contributed by atoms with Gasteiger partial charge in [-0.15, -0.1) is 11.3 Å². The number of piperazine rings is 1. The highest BCUT2D eigenvalue weighted by Crippen LogP contribution is 2.31. The minimum absolute atomic E-state index is 0.207. The second-order valence-corrected chi connectivity index (χ2v) is 10.5. The molecule has 1 saturated heterocycles. The lowest BCUT2D eigenvalue weighted by atomic mass is 10.1. The third-order valence-corrected chi connectivity index (χ3v) is 8.35. The highest BCUT2D eigenvalue weighted by atomic mass is 32.2. The number of rotatable bonds is 7. The van der Waals surface area contributed by atoms with Gasteiger partial charge in [0.25, 0.3) is 0 Å². The van der Waals surface area contributed by atoms with Gasteiger partial charge in [-0.05, 0) is 24.6 Å². The molecule has 2 aromatic carbocycles. The van der Waals surface area contributed by atoms with Crippen LogP contribution in [0.3, 0.4) is 0 Å². The van der Waals surface area contributed by atoms with Gasteiger partial charge in [0.15, 0.2) is 16.6 Å². The smallest absolute Gasteiger partial charge is 0.243 e. The summed E-state index contributed by atoms with van der Waals surface area (Å²) in [6, 6.07) is 13.1. The van der Waals surface area contributed by atoms with Crippen molar-refractivity contribution in [2.45, 2.75) is 18.2 Å². The summed E-state index contributed by atoms with van der Waals surface area (Å²) >= 11 is 1.61. The fourth-order valence-electron chi connectivity index (χ4n) is 3.80. The molecular weight excluding hydrogens is 446 g/mol. The van der Waals surface area contributed by atoms with E-state index in [1.807, 2.05) is 0 Å². The maximum absolute atomic E-state index is 13.1. The average molecular weight is 474 g/mol. The summed E-state index contributed by atoms with van der Waals surface area (Å²) < 4.78 is 38.3. The van der Waals surface area contributed by atoms with Crippen molar-refractivity contribution in [1.29, 1.82) is 0 Å². The van der Waals surface area contributed by atoms with Gasteiger partial charge >= 0.3 is 0 Å². The molecule has 9 heteroatoms. The van der Waals surface area contributed by atoms with Crippen LogP contribution in [0.1, 0.15) is 16.8 Å². The van der Waals surface area contributed by atoms with E-state index in [-0.39, 0.29) is 4.90 Å². The van der Waals surface area contributed by atoms with Gasteiger partial charge in [-0.25, -0.2) is 13.4 Å². The Kier molecular flexibility index (Phi) is 6.68. The van der Waals surface area contributed by atoms with Crippen LogP contribution in [0.4, 0.5) is 5.13 Å². The molecule has 0 saturated carbocycles. The topological polar surface area (TPSA) is 72.0 Å². The average Bonchev–Trinajstić information content (AvgIpc) is 3.27. The summed E-state index contributed by atoms with van der Waals surface area (Å²) in [4.78, 5) is 7.16. The number of sulfonamides is 1. The van der Waals surface area contributed by atoms with Crippen molar-refractivity contribution in [2.24, 2.45) is 0 Å². The molecule has 0 bridgehead atoms. The van der Waals surface area contributed by atoms with Crippen molar-refractivity contribution < 1.29 is 17.9 Å². The standard InChI is InChI=1S/C23H27N3O4S2/c1-17-5-4-6-18(13-17)14-19-16-31-23(24-19)25-9-11-26(12-10-25)32(27,28)20-7-8-21(29-2)22(15-20)30-3/h4-8,13,15-16H,9-12,14H2,1-3H3. The zero-order chi connectivity index (χ0) is 22.7.